The second-order valence-corrected chi connectivity index (χ2v) is 9.10. The van der Waals surface area contributed by atoms with Crippen LogP contribution in [0, 0.1) is 0 Å². The molecule has 9 nitrogen and oxygen atoms in total. The molecule has 5 atom stereocenters. The fourth-order valence-electron chi connectivity index (χ4n) is 2.41. The smallest absolute Gasteiger partial charge is 0.324 e. The zero-order valence-corrected chi connectivity index (χ0v) is 18.2. The molecular weight excluding hydrogens is 417 g/mol. The minimum absolute atomic E-state index is 0.00990. The summed E-state index contributed by atoms with van der Waals surface area (Å²) < 4.78 is 50.4. The number of rotatable bonds is 12. The second kappa shape index (κ2) is 10.3. The van der Waals surface area contributed by atoms with Crippen LogP contribution >= 0.6 is 24.5 Å². The van der Waals surface area contributed by atoms with Crippen LogP contribution in [0.1, 0.15) is 37.5 Å². The Morgan fingerprint density at radius 3 is 1.70 bits per heavy atom. The Balaban J connectivity index is 3.58. The lowest BCUT2D eigenvalue weighted by Crippen LogP contribution is -2.26. The van der Waals surface area contributed by atoms with Gasteiger partial charge in [0, 0.05) is 0 Å². The number of hydrogen-bond donors (Lipinski definition) is 3. The molecule has 0 saturated heterocycles. The molecule has 3 N–H and O–H groups in total. The van der Waals surface area contributed by atoms with Crippen LogP contribution in [-0.4, -0.2) is 34.9 Å². The van der Waals surface area contributed by atoms with Crippen molar-refractivity contribution in [1.82, 2.24) is 0 Å². The highest BCUT2D eigenvalue weighted by atomic mass is 31.2. The summed E-state index contributed by atoms with van der Waals surface area (Å²) in [6.45, 7) is 4.80. The average molecular weight is 442 g/mol. The quantitative estimate of drug-likeness (QED) is 0.329. The first-order valence-electron chi connectivity index (χ1n) is 8.22. The molecule has 0 aliphatic carbocycles. The van der Waals surface area contributed by atoms with Crippen molar-refractivity contribution in [1.29, 1.82) is 0 Å². The number of hydrogen-bond acceptors (Lipinski definition) is 8. The van der Waals surface area contributed by atoms with Gasteiger partial charge in [0.25, 0.3) is 0 Å². The fourth-order valence-corrected chi connectivity index (χ4v) is 4.48. The molecule has 0 aromatic heterocycles. The maximum absolute atomic E-state index is 12.1. The SMILES string of the molecule is CCOC(O)([PH+]=O)c1cc(CP(=O)(O)OCC)cc(C(O)(OCC)[PH+]=O)c1. The Morgan fingerprint density at radius 1 is 0.926 bits per heavy atom. The van der Waals surface area contributed by atoms with Crippen molar-refractivity contribution in [2.75, 3.05) is 19.8 Å². The zero-order valence-electron chi connectivity index (χ0n) is 15.3. The van der Waals surface area contributed by atoms with Crippen LogP contribution < -0.4 is 0 Å². The first-order chi connectivity index (χ1) is 12.6. The van der Waals surface area contributed by atoms with E-state index in [1.165, 1.54) is 18.2 Å². The summed E-state index contributed by atoms with van der Waals surface area (Å²) in [4.78, 5) is 9.90. The molecule has 0 radical (unpaired) electrons. The molecule has 0 heterocycles. The lowest BCUT2D eigenvalue weighted by molar-refractivity contribution is -0.142. The van der Waals surface area contributed by atoms with Crippen molar-refractivity contribution in [3.8, 4) is 0 Å². The molecule has 0 bridgehead atoms. The maximum Gasteiger partial charge on any atom is 0.397 e. The summed E-state index contributed by atoms with van der Waals surface area (Å²) in [5.41, 5.74) is -4.32. The Hall–Kier alpha value is -0.590. The summed E-state index contributed by atoms with van der Waals surface area (Å²) in [6.07, 6.45) is -0.448. The number of benzene rings is 1. The van der Waals surface area contributed by atoms with Crippen LogP contribution in [-0.2, 0) is 44.9 Å². The number of ether oxygens (including phenoxy) is 2. The van der Waals surface area contributed by atoms with E-state index in [0.717, 1.165) is 0 Å². The Kier molecular flexibility index (Phi) is 9.29. The molecule has 0 aliphatic heterocycles. The Bertz CT molecular complexity index is 672. The molecule has 0 saturated carbocycles. The van der Waals surface area contributed by atoms with E-state index in [4.69, 9.17) is 14.0 Å². The number of aliphatic hydroxyl groups is 2. The topological polar surface area (TPSA) is 140 Å². The van der Waals surface area contributed by atoms with Gasteiger partial charge < -0.3 is 29.1 Å². The van der Waals surface area contributed by atoms with Crippen molar-refractivity contribution in [2.24, 2.45) is 0 Å². The van der Waals surface area contributed by atoms with Crippen molar-refractivity contribution >= 4 is 24.5 Å². The minimum Gasteiger partial charge on any atom is -0.324 e. The fraction of sp³-hybridized carbons (Fsp3) is 0.600. The molecule has 1 aromatic carbocycles. The van der Waals surface area contributed by atoms with Gasteiger partial charge in [-0.1, -0.05) is 9.13 Å². The van der Waals surface area contributed by atoms with E-state index < -0.39 is 41.7 Å². The van der Waals surface area contributed by atoms with Gasteiger partial charge in [0.05, 0.1) is 37.1 Å². The van der Waals surface area contributed by atoms with Gasteiger partial charge in [-0.15, -0.1) is 0 Å². The molecule has 152 valence electrons. The van der Waals surface area contributed by atoms with Crippen LogP contribution in [0.4, 0.5) is 0 Å². The van der Waals surface area contributed by atoms with Gasteiger partial charge >= 0.3 is 35.6 Å². The first kappa shape index (κ1) is 24.4. The third-order valence-electron chi connectivity index (χ3n) is 3.47. The molecule has 1 rings (SSSR count). The zero-order chi connectivity index (χ0) is 20.7. The lowest BCUT2D eigenvalue weighted by atomic mass is 10.0. The molecule has 12 heteroatoms. The Labute approximate surface area is 160 Å². The highest BCUT2D eigenvalue weighted by Crippen LogP contribution is 2.47. The van der Waals surface area contributed by atoms with Crippen LogP contribution in [0.15, 0.2) is 18.2 Å². The molecule has 0 aliphatic rings. The van der Waals surface area contributed by atoms with Crippen LogP contribution in [0.2, 0.25) is 0 Å². The molecule has 27 heavy (non-hydrogen) atoms. The van der Waals surface area contributed by atoms with E-state index in [2.05, 4.69) is 0 Å². The van der Waals surface area contributed by atoms with E-state index in [1.807, 2.05) is 0 Å². The van der Waals surface area contributed by atoms with Gasteiger partial charge in [-0.05, 0) is 44.5 Å². The van der Waals surface area contributed by atoms with E-state index in [1.54, 1.807) is 20.8 Å². The standard InChI is InChI=1S/C15H23O9P3/c1-4-22-14(16,25-18)12-7-11(10-27(20,21)24-6-3)8-13(9-12)15(17,26-19)23-5-2/h7-9,16-17H,4-6,10H2,1-3H3,(H,20,21)/p+2. The van der Waals surface area contributed by atoms with Crippen LogP contribution in [0.3, 0.4) is 0 Å². The van der Waals surface area contributed by atoms with Gasteiger partial charge in [-0.25, -0.2) is 0 Å². The predicted octanol–water partition coefficient (Wildman–Crippen LogP) is 2.73. The average Bonchev–Trinajstić information content (AvgIpc) is 2.61. The van der Waals surface area contributed by atoms with Crippen molar-refractivity contribution < 1.29 is 42.8 Å². The molecule has 0 amide bonds. The summed E-state index contributed by atoms with van der Waals surface area (Å²) in [5, 5.41) is 21.1. The summed E-state index contributed by atoms with van der Waals surface area (Å²) >= 11 is 0. The van der Waals surface area contributed by atoms with Crippen molar-refractivity contribution in [3.05, 3.63) is 34.9 Å². The second-order valence-electron chi connectivity index (χ2n) is 5.49. The van der Waals surface area contributed by atoms with Gasteiger partial charge in [0.1, 0.15) is 0 Å². The van der Waals surface area contributed by atoms with Gasteiger partial charge in [0.2, 0.25) is 0 Å². The van der Waals surface area contributed by atoms with Gasteiger partial charge in [-0.2, -0.15) is 0 Å². The van der Waals surface area contributed by atoms with E-state index in [9.17, 15) is 28.8 Å². The van der Waals surface area contributed by atoms with Crippen molar-refractivity contribution in [2.45, 2.75) is 38.0 Å². The van der Waals surface area contributed by atoms with Crippen LogP contribution in [0.5, 0.6) is 0 Å². The molecule has 1 aromatic rings. The highest BCUT2D eigenvalue weighted by molar-refractivity contribution is 7.51. The van der Waals surface area contributed by atoms with E-state index in [0.29, 0.717) is 0 Å². The van der Waals surface area contributed by atoms with Gasteiger partial charge in [-0.3, -0.25) is 4.57 Å². The maximum atomic E-state index is 12.1. The molecular formula is C15H25O9P3+2. The summed E-state index contributed by atoms with van der Waals surface area (Å²) in [6, 6.07) is 3.85. The molecule has 0 fully saturated rings. The first-order valence-corrected chi connectivity index (χ1v) is 11.8. The summed E-state index contributed by atoms with van der Waals surface area (Å²) in [5.74, 6) is 0. The molecule has 5 unspecified atom stereocenters. The van der Waals surface area contributed by atoms with E-state index in [-0.39, 0.29) is 36.5 Å². The highest BCUT2D eigenvalue weighted by Gasteiger charge is 2.45. The third kappa shape index (κ3) is 6.47. The largest absolute Gasteiger partial charge is 0.397 e. The van der Waals surface area contributed by atoms with Crippen molar-refractivity contribution in [3.63, 3.8) is 0 Å². The lowest BCUT2D eigenvalue weighted by Gasteiger charge is -2.20. The predicted molar refractivity (Wildman–Crippen MR) is 101 cm³/mol. The summed E-state index contributed by atoms with van der Waals surface area (Å²) in [7, 11) is -6.65. The van der Waals surface area contributed by atoms with Gasteiger partial charge in [0.15, 0.2) is 0 Å². The monoisotopic (exact) mass is 442 g/mol. The van der Waals surface area contributed by atoms with E-state index >= 15 is 0 Å². The van der Waals surface area contributed by atoms with Crippen LogP contribution in [0.25, 0.3) is 0 Å². The minimum atomic E-state index is -4.00. The third-order valence-corrected chi connectivity index (χ3v) is 6.32. The normalized spacial score (nSPS) is 18.7. The molecule has 0 spiro atoms. The Morgan fingerprint density at radius 2 is 1.37 bits per heavy atom.